The van der Waals surface area contributed by atoms with Crippen molar-refractivity contribution >= 4 is 5.97 Å². The van der Waals surface area contributed by atoms with Crippen LogP contribution < -0.4 is 0 Å². The van der Waals surface area contributed by atoms with Crippen LogP contribution >= 0.6 is 0 Å². The van der Waals surface area contributed by atoms with Gasteiger partial charge in [-0.3, -0.25) is 4.79 Å². The average Bonchev–Trinajstić information content (AvgIpc) is 2.12. The minimum atomic E-state index is -1.41. The highest BCUT2D eigenvalue weighted by molar-refractivity contribution is 5.83. The predicted octanol–water partition coefficient (Wildman–Crippen LogP) is 1.44. The molecule has 16 heavy (non-hydrogen) atoms. The van der Waals surface area contributed by atoms with Crippen molar-refractivity contribution in [3.05, 3.63) is 35.4 Å². The fourth-order valence-electron chi connectivity index (χ4n) is 2.13. The van der Waals surface area contributed by atoms with E-state index in [0.29, 0.717) is 6.07 Å². The van der Waals surface area contributed by atoms with Gasteiger partial charge in [0.1, 0.15) is 17.0 Å². The molecule has 0 heterocycles. The van der Waals surface area contributed by atoms with Gasteiger partial charge in [0.2, 0.25) is 0 Å². The van der Waals surface area contributed by atoms with Crippen molar-refractivity contribution in [2.45, 2.75) is 24.4 Å². The minimum Gasteiger partial charge on any atom is -0.481 e. The molecule has 0 spiro atoms. The quantitative estimate of drug-likeness (QED) is 0.805. The number of aliphatic hydroxyl groups excluding tert-OH is 1. The number of aliphatic hydroxyl groups is 1. The van der Waals surface area contributed by atoms with Gasteiger partial charge in [0, 0.05) is 11.6 Å². The van der Waals surface area contributed by atoms with Crippen LogP contribution in [0.5, 0.6) is 0 Å². The Morgan fingerprint density at radius 2 is 2.00 bits per heavy atom. The van der Waals surface area contributed by atoms with Gasteiger partial charge in [0.05, 0.1) is 6.10 Å². The molecule has 0 aromatic heterocycles. The summed E-state index contributed by atoms with van der Waals surface area (Å²) in [4.78, 5) is 11.1. The molecular weight excluding hydrogens is 218 g/mol. The van der Waals surface area contributed by atoms with E-state index in [2.05, 4.69) is 0 Å². The van der Waals surface area contributed by atoms with Gasteiger partial charge < -0.3 is 10.2 Å². The lowest BCUT2D eigenvalue weighted by molar-refractivity contribution is -0.153. The molecule has 1 aromatic carbocycles. The molecule has 1 fully saturated rings. The second-order valence-electron chi connectivity index (χ2n) is 4.07. The van der Waals surface area contributed by atoms with Crippen molar-refractivity contribution < 1.29 is 23.8 Å². The topological polar surface area (TPSA) is 57.5 Å². The predicted molar refractivity (Wildman–Crippen MR) is 50.9 cm³/mol. The third-order valence-electron chi connectivity index (χ3n) is 3.02. The fourth-order valence-corrected chi connectivity index (χ4v) is 2.13. The summed E-state index contributed by atoms with van der Waals surface area (Å²) in [6.07, 6.45) is -0.809. The monoisotopic (exact) mass is 228 g/mol. The summed E-state index contributed by atoms with van der Waals surface area (Å²) in [6, 6.07) is 2.81. The van der Waals surface area contributed by atoms with E-state index in [9.17, 15) is 18.7 Å². The van der Waals surface area contributed by atoms with Gasteiger partial charge in [0.25, 0.3) is 0 Å². The number of halogens is 2. The molecule has 1 aromatic rings. The molecule has 2 rings (SSSR count). The number of hydrogen-bond acceptors (Lipinski definition) is 2. The SMILES string of the molecule is O=C(O)C1(c2ccc(F)cc2F)CC(O)C1. The molecule has 0 aliphatic heterocycles. The molecule has 0 atom stereocenters. The Hall–Kier alpha value is -1.49. The lowest BCUT2D eigenvalue weighted by Gasteiger charge is -2.42. The molecular formula is C11H10F2O3. The van der Waals surface area contributed by atoms with Crippen LogP contribution in [0.25, 0.3) is 0 Å². The number of carbonyl (C=O) groups is 1. The van der Waals surface area contributed by atoms with Gasteiger partial charge in [-0.2, -0.15) is 0 Å². The Bertz CT molecular complexity index is 439. The van der Waals surface area contributed by atoms with Gasteiger partial charge in [0.15, 0.2) is 0 Å². The second-order valence-corrected chi connectivity index (χ2v) is 4.07. The van der Waals surface area contributed by atoms with E-state index in [0.717, 1.165) is 12.1 Å². The normalized spacial score (nSPS) is 28.6. The Kier molecular flexibility index (Phi) is 2.42. The van der Waals surface area contributed by atoms with Crippen molar-refractivity contribution in [1.82, 2.24) is 0 Å². The van der Waals surface area contributed by atoms with Gasteiger partial charge >= 0.3 is 5.97 Å². The lowest BCUT2D eigenvalue weighted by atomic mass is 9.62. The van der Waals surface area contributed by atoms with Crippen LogP contribution in [0.15, 0.2) is 18.2 Å². The summed E-state index contributed by atoms with van der Waals surface area (Å²) in [7, 11) is 0. The van der Waals surface area contributed by atoms with Crippen LogP contribution in [0.4, 0.5) is 8.78 Å². The number of rotatable bonds is 2. The smallest absolute Gasteiger partial charge is 0.314 e. The molecule has 1 aliphatic carbocycles. The first-order valence-electron chi connectivity index (χ1n) is 4.83. The average molecular weight is 228 g/mol. The van der Waals surface area contributed by atoms with E-state index >= 15 is 0 Å². The highest BCUT2D eigenvalue weighted by atomic mass is 19.1. The first kappa shape index (κ1) is 11.0. The molecule has 0 saturated heterocycles. The van der Waals surface area contributed by atoms with Crippen LogP contribution in [-0.4, -0.2) is 22.3 Å². The molecule has 0 radical (unpaired) electrons. The Labute approximate surface area is 90.3 Å². The van der Waals surface area contributed by atoms with Crippen LogP contribution in [0, 0.1) is 11.6 Å². The number of aliphatic carboxylic acids is 1. The van der Waals surface area contributed by atoms with Crippen molar-refractivity contribution in [2.24, 2.45) is 0 Å². The van der Waals surface area contributed by atoms with Crippen LogP contribution in [-0.2, 0) is 10.2 Å². The lowest BCUT2D eigenvalue weighted by Crippen LogP contribution is -2.51. The maximum Gasteiger partial charge on any atom is 0.314 e. The van der Waals surface area contributed by atoms with Gasteiger partial charge in [-0.05, 0) is 18.9 Å². The van der Waals surface area contributed by atoms with Crippen LogP contribution in [0.2, 0.25) is 0 Å². The van der Waals surface area contributed by atoms with E-state index < -0.39 is 29.1 Å². The summed E-state index contributed by atoms with van der Waals surface area (Å²) < 4.78 is 26.2. The minimum absolute atomic E-state index is 0.0368. The number of carboxylic acids is 1. The molecule has 86 valence electrons. The first-order chi connectivity index (χ1) is 7.45. The number of hydrogen-bond donors (Lipinski definition) is 2. The maximum atomic E-state index is 13.5. The fraction of sp³-hybridized carbons (Fsp3) is 0.364. The zero-order chi connectivity index (χ0) is 11.9. The van der Waals surface area contributed by atoms with Crippen molar-refractivity contribution in [1.29, 1.82) is 0 Å². The molecule has 1 aliphatic rings. The molecule has 0 amide bonds. The Morgan fingerprint density at radius 1 is 1.38 bits per heavy atom. The zero-order valence-electron chi connectivity index (χ0n) is 8.28. The Balaban J connectivity index is 2.45. The highest BCUT2D eigenvalue weighted by Crippen LogP contribution is 2.45. The molecule has 1 saturated carbocycles. The standard InChI is InChI=1S/C11H10F2O3/c12-6-1-2-8(9(13)3-6)11(10(15)16)4-7(14)5-11/h1-3,7,14H,4-5H2,(H,15,16). The largest absolute Gasteiger partial charge is 0.481 e. The van der Waals surface area contributed by atoms with Crippen molar-refractivity contribution in [3.63, 3.8) is 0 Å². The summed E-state index contributed by atoms with van der Waals surface area (Å²) in [5.41, 5.74) is -1.47. The van der Waals surface area contributed by atoms with E-state index in [1.54, 1.807) is 0 Å². The van der Waals surface area contributed by atoms with E-state index in [1.807, 2.05) is 0 Å². The summed E-state index contributed by atoms with van der Waals surface area (Å²) >= 11 is 0. The highest BCUT2D eigenvalue weighted by Gasteiger charge is 2.52. The third kappa shape index (κ3) is 1.48. The molecule has 2 N–H and O–H groups in total. The number of carboxylic acid groups (broad SMARTS) is 1. The summed E-state index contributed by atoms with van der Waals surface area (Å²) in [5, 5.41) is 18.3. The summed E-state index contributed by atoms with van der Waals surface area (Å²) in [5.74, 6) is -2.82. The van der Waals surface area contributed by atoms with Crippen molar-refractivity contribution in [3.8, 4) is 0 Å². The second kappa shape index (κ2) is 3.52. The van der Waals surface area contributed by atoms with Crippen molar-refractivity contribution in [2.75, 3.05) is 0 Å². The van der Waals surface area contributed by atoms with Gasteiger partial charge in [-0.25, -0.2) is 8.78 Å². The Morgan fingerprint density at radius 3 is 2.44 bits per heavy atom. The molecule has 0 unspecified atom stereocenters. The molecule has 3 nitrogen and oxygen atoms in total. The maximum absolute atomic E-state index is 13.5. The van der Waals surface area contributed by atoms with Gasteiger partial charge in [-0.1, -0.05) is 6.07 Å². The first-order valence-corrected chi connectivity index (χ1v) is 4.83. The van der Waals surface area contributed by atoms with E-state index in [-0.39, 0.29) is 18.4 Å². The van der Waals surface area contributed by atoms with Gasteiger partial charge in [-0.15, -0.1) is 0 Å². The van der Waals surface area contributed by atoms with E-state index in [4.69, 9.17) is 5.11 Å². The third-order valence-corrected chi connectivity index (χ3v) is 3.02. The van der Waals surface area contributed by atoms with Crippen LogP contribution in [0.1, 0.15) is 18.4 Å². The van der Waals surface area contributed by atoms with Crippen LogP contribution in [0.3, 0.4) is 0 Å². The van der Waals surface area contributed by atoms with E-state index in [1.165, 1.54) is 0 Å². The molecule has 0 bridgehead atoms. The summed E-state index contributed by atoms with van der Waals surface area (Å²) in [6.45, 7) is 0. The number of benzene rings is 1. The zero-order valence-corrected chi connectivity index (χ0v) is 8.28. The molecule has 5 heteroatoms.